The van der Waals surface area contributed by atoms with Gasteiger partial charge in [-0.2, -0.15) is 0 Å². The molecule has 0 spiro atoms. The second kappa shape index (κ2) is 6.45. The van der Waals surface area contributed by atoms with Gasteiger partial charge in [0.05, 0.1) is 10.9 Å². The van der Waals surface area contributed by atoms with E-state index in [4.69, 9.17) is 0 Å². The van der Waals surface area contributed by atoms with E-state index in [0.29, 0.717) is 24.3 Å². The Kier molecular flexibility index (Phi) is 4.22. The number of hydrogen-bond donors (Lipinski definition) is 3. The van der Waals surface area contributed by atoms with Crippen LogP contribution in [-0.2, 0) is 0 Å². The molecule has 1 saturated heterocycles. The highest BCUT2D eigenvalue weighted by Crippen LogP contribution is 2.45. The lowest BCUT2D eigenvalue weighted by Gasteiger charge is -2.36. The molecule has 3 N–H and O–H groups in total. The maximum Gasteiger partial charge on any atom is 0.341 e. The number of aromatic hydroxyl groups is 2. The van der Waals surface area contributed by atoms with E-state index < -0.39 is 11.4 Å². The molecule has 2 heterocycles. The van der Waals surface area contributed by atoms with Crippen LogP contribution in [0, 0.1) is 0 Å². The van der Waals surface area contributed by atoms with Crippen molar-refractivity contribution in [1.29, 1.82) is 0 Å². The summed E-state index contributed by atoms with van der Waals surface area (Å²) in [7, 11) is 0. The van der Waals surface area contributed by atoms with Crippen LogP contribution in [0.15, 0.2) is 17.1 Å². The molecular weight excluding hydrogens is 350 g/mol. The molecule has 1 aliphatic heterocycles. The fourth-order valence-electron chi connectivity index (χ4n) is 3.87. The van der Waals surface area contributed by atoms with Crippen molar-refractivity contribution in [2.75, 3.05) is 37.6 Å². The molecule has 0 bridgehead atoms. The summed E-state index contributed by atoms with van der Waals surface area (Å²) in [5.74, 6) is -1.67. The van der Waals surface area contributed by atoms with Gasteiger partial charge in [0.1, 0.15) is 17.0 Å². The zero-order chi connectivity index (χ0) is 19.3. The summed E-state index contributed by atoms with van der Waals surface area (Å²) < 4.78 is 1.68. The van der Waals surface area contributed by atoms with Crippen LogP contribution in [0.3, 0.4) is 0 Å². The van der Waals surface area contributed by atoms with Crippen LogP contribution < -0.4 is 10.3 Å². The molecule has 0 radical (unpaired) electrons. The van der Waals surface area contributed by atoms with Gasteiger partial charge in [-0.1, -0.05) is 6.92 Å². The maximum atomic E-state index is 12.6. The molecule has 2 fully saturated rings. The lowest BCUT2D eigenvalue weighted by Crippen LogP contribution is -2.46. The number of anilines is 1. The Morgan fingerprint density at radius 2 is 1.85 bits per heavy atom. The van der Waals surface area contributed by atoms with Crippen LogP contribution in [0.1, 0.15) is 36.2 Å². The van der Waals surface area contributed by atoms with E-state index >= 15 is 0 Å². The maximum absolute atomic E-state index is 12.6. The predicted octanol–water partition coefficient (Wildman–Crippen LogP) is 1.59. The van der Waals surface area contributed by atoms with Crippen LogP contribution >= 0.6 is 0 Å². The highest BCUT2D eigenvalue weighted by atomic mass is 16.4. The van der Waals surface area contributed by atoms with Gasteiger partial charge < -0.3 is 29.7 Å². The third-order valence-electron chi connectivity index (χ3n) is 5.55. The summed E-state index contributed by atoms with van der Waals surface area (Å²) in [6.07, 6.45) is 3.05. The average Bonchev–Trinajstić information content (AvgIpc) is 3.48. The number of nitrogens with zero attached hydrogens (tertiary/aromatic N) is 3. The molecule has 2 aromatic rings. The first-order valence-electron chi connectivity index (χ1n) is 9.26. The molecule has 27 heavy (non-hydrogen) atoms. The van der Waals surface area contributed by atoms with Gasteiger partial charge in [0.25, 0.3) is 0 Å². The number of aromatic nitrogens is 1. The second-order valence-corrected chi connectivity index (χ2v) is 7.23. The molecule has 0 atom stereocenters. The Labute approximate surface area is 155 Å². The van der Waals surface area contributed by atoms with Crippen molar-refractivity contribution >= 4 is 22.6 Å². The number of fused-ring (bicyclic) bond motifs is 1. The summed E-state index contributed by atoms with van der Waals surface area (Å²) in [5.41, 5.74) is -0.423. The lowest BCUT2D eigenvalue weighted by atomic mass is 10.1. The lowest BCUT2D eigenvalue weighted by molar-refractivity contribution is 0.0694. The number of phenolic OH excluding ortho intramolecular Hbond substituents is 2. The number of aromatic carboxylic acids is 1. The molecule has 1 saturated carbocycles. The number of benzene rings is 1. The first-order chi connectivity index (χ1) is 12.9. The van der Waals surface area contributed by atoms with Gasteiger partial charge in [-0.3, -0.25) is 4.79 Å². The molecule has 8 heteroatoms. The SMILES string of the molecule is CCN1CCN(c2c(O)cc3c(=O)c(C(=O)O)cn(C4CC4)c3c2O)CC1. The fraction of sp³-hybridized carbons (Fsp3) is 0.474. The predicted molar refractivity (Wildman–Crippen MR) is 101 cm³/mol. The number of pyridine rings is 1. The van der Waals surface area contributed by atoms with Crippen LogP contribution in [0.2, 0.25) is 0 Å². The minimum Gasteiger partial charge on any atom is -0.506 e. The zero-order valence-electron chi connectivity index (χ0n) is 15.2. The molecule has 2 aliphatic rings. The number of phenols is 2. The van der Waals surface area contributed by atoms with Gasteiger partial charge in [-0.05, 0) is 25.5 Å². The smallest absolute Gasteiger partial charge is 0.341 e. The molecule has 4 rings (SSSR count). The molecule has 144 valence electrons. The topological polar surface area (TPSA) is 106 Å². The number of carboxylic acid groups (broad SMARTS) is 1. The van der Waals surface area contributed by atoms with E-state index in [0.717, 1.165) is 32.5 Å². The standard InChI is InChI=1S/C19H23N3O5/c1-2-20-5-7-21(8-6-20)16-14(23)9-12-15(18(16)25)22(11-3-4-11)10-13(17(12)24)19(26)27/h9-11,23,25H,2-8H2,1H3,(H,26,27). The number of hydrogen-bond acceptors (Lipinski definition) is 6. The quantitative estimate of drug-likeness (QED) is 0.747. The van der Waals surface area contributed by atoms with E-state index in [-0.39, 0.29) is 28.5 Å². The van der Waals surface area contributed by atoms with Crippen LogP contribution in [0.5, 0.6) is 11.5 Å². The Bertz CT molecular complexity index is 972. The van der Waals surface area contributed by atoms with Crippen molar-refractivity contribution < 1.29 is 20.1 Å². The minimum absolute atomic E-state index is 0.0349. The molecule has 8 nitrogen and oxygen atoms in total. The second-order valence-electron chi connectivity index (χ2n) is 7.23. The van der Waals surface area contributed by atoms with E-state index in [1.165, 1.54) is 12.3 Å². The molecule has 1 aromatic carbocycles. The largest absolute Gasteiger partial charge is 0.506 e. The summed E-state index contributed by atoms with van der Waals surface area (Å²) in [5, 5.41) is 30.9. The van der Waals surface area contributed by atoms with Crippen molar-refractivity contribution in [2.45, 2.75) is 25.8 Å². The van der Waals surface area contributed by atoms with E-state index in [1.807, 2.05) is 4.90 Å². The molecule has 1 aliphatic carbocycles. The molecule has 1 aromatic heterocycles. The first kappa shape index (κ1) is 17.7. The van der Waals surface area contributed by atoms with Crippen molar-refractivity contribution in [1.82, 2.24) is 9.47 Å². The number of carbonyl (C=O) groups is 1. The number of carboxylic acids is 1. The van der Waals surface area contributed by atoms with Crippen LogP contribution in [0.25, 0.3) is 10.9 Å². The summed E-state index contributed by atoms with van der Waals surface area (Å²) in [6.45, 7) is 5.99. The number of rotatable bonds is 4. The third kappa shape index (κ3) is 2.90. The van der Waals surface area contributed by atoms with Gasteiger partial charge in [0, 0.05) is 38.4 Å². The molecule has 0 unspecified atom stereocenters. The third-order valence-corrected chi connectivity index (χ3v) is 5.55. The highest BCUT2D eigenvalue weighted by Gasteiger charge is 2.31. The van der Waals surface area contributed by atoms with Crippen molar-refractivity contribution in [3.8, 4) is 11.5 Å². The highest BCUT2D eigenvalue weighted by molar-refractivity contribution is 5.98. The van der Waals surface area contributed by atoms with Gasteiger partial charge in [-0.15, -0.1) is 0 Å². The van der Waals surface area contributed by atoms with E-state index in [1.54, 1.807) is 4.57 Å². The Hall–Kier alpha value is -2.74. The summed E-state index contributed by atoms with van der Waals surface area (Å²) >= 11 is 0. The molecular formula is C19H23N3O5. The van der Waals surface area contributed by atoms with Crippen molar-refractivity contribution in [3.05, 3.63) is 28.0 Å². The van der Waals surface area contributed by atoms with E-state index in [2.05, 4.69) is 11.8 Å². The monoisotopic (exact) mass is 373 g/mol. The summed E-state index contributed by atoms with van der Waals surface area (Å²) in [6, 6.07) is 1.36. The van der Waals surface area contributed by atoms with Gasteiger partial charge in [0.2, 0.25) is 5.43 Å². The van der Waals surface area contributed by atoms with Crippen molar-refractivity contribution in [2.24, 2.45) is 0 Å². The van der Waals surface area contributed by atoms with Gasteiger partial charge >= 0.3 is 5.97 Å². The normalized spacial score (nSPS) is 18.2. The zero-order valence-corrected chi connectivity index (χ0v) is 15.2. The Morgan fingerprint density at radius 3 is 2.41 bits per heavy atom. The fourth-order valence-corrected chi connectivity index (χ4v) is 3.87. The average molecular weight is 373 g/mol. The van der Waals surface area contributed by atoms with Crippen LogP contribution in [0.4, 0.5) is 5.69 Å². The van der Waals surface area contributed by atoms with E-state index in [9.17, 15) is 24.9 Å². The summed E-state index contributed by atoms with van der Waals surface area (Å²) in [4.78, 5) is 28.3. The molecule has 0 amide bonds. The minimum atomic E-state index is -1.31. The Balaban J connectivity index is 1.91. The van der Waals surface area contributed by atoms with Gasteiger partial charge in [-0.25, -0.2) is 4.79 Å². The first-order valence-corrected chi connectivity index (χ1v) is 9.26. The number of likely N-dealkylation sites (N-methyl/N-ethyl adjacent to an activating group) is 1. The Morgan fingerprint density at radius 1 is 1.19 bits per heavy atom. The number of piperazine rings is 1. The van der Waals surface area contributed by atoms with Gasteiger partial charge in [0.15, 0.2) is 5.75 Å². The van der Waals surface area contributed by atoms with Crippen molar-refractivity contribution in [3.63, 3.8) is 0 Å². The van der Waals surface area contributed by atoms with Crippen LogP contribution in [-0.4, -0.2) is 63.5 Å².